The van der Waals surface area contributed by atoms with E-state index in [1.807, 2.05) is 18.2 Å². The van der Waals surface area contributed by atoms with Crippen LogP contribution in [0, 0.1) is 0 Å². The number of carbonyl (C=O) groups excluding carboxylic acids is 3. The van der Waals surface area contributed by atoms with E-state index in [2.05, 4.69) is 10.6 Å². The van der Waals surface area contributed by atoms with E-state index in [9.17, 15) is 14.4 Å². The molecule has 2 N–H and O–H groups in total. The third kappa shape index (κ3) is 6.27. The van der Waals surface area contributed by atoms with Gasteiger partial charge in [-0.1, -0.05) is 12.1 Å². The van der Waals surface area contributed by atoms with E-state index >= 15 is 0 Å². The van der Waals surface area contributed by atoms with E-state index in [0.29, 0.717) is 27.6 Å². The fraction of sp³-hybridized carbons (Fsp3) is 0.296. The lowest BCUT2D eigenvalue weighted by Gasteiger charge is -2.12. The standard InChI is InChI=1S/C27H28N2O5S2/c1-3-34-27(32)24-21-12-4-5-13-22(21)36-26(24)29-23(30)16-35-20-11-7-9-18(15-20)28-25(31)17-8-6-10-19(14-17)33-2/h6-11,14-15H,3-5,12-13,16H2,1-2H3,(H,28,31)(H,29,30). The van der Waals surface area contributed by atoms with Crippen LogP contribution >= 0.6 is 23.1 Å². The van der Waals surface area contributed by atoms with E-state index in [1.165, 1.54) is 23.1 Å². The molecule has 0 saturated heterocycles. The highest BCUT2D eigenvalue weighted by Gasteiger charge is 2.27. The van der Waals surface area contributed by atoms with Crippen LogP contribution in [0.4, 0.5) is 10.7 Å². The van der Waals surface area contributed by atoms with Crippen molar-refractivity contribution in [2.24, 2.45) is 0 Å². The van der Waals surface area contributed by atoms with Gasteiger partial charge in [-0.15, -0.1) is 23.1 Å². The number of ether oxygens (including phenoxy) is 2. The Balaban J connectivity index is 1.39. The average Bonchev–Trinajstić information content (AvgIpc) is 3.25. The molecule has 188 valence electrons. The van der Waals surface area contributed by atoms with Crippen LogP contribution < -0.4 is 15.4 Å². The number of methoxy groups -OCH3 is 1. The molecule has 0 spiro atoms. The Morgan fingerprint density at radius 3 is 2.64 bits per heavy atom. The van der Waals surface area contributed by atoms with Crippen molar-refractivity contribution in [1.29, 1.82) is 0 Å². The first-order valence-corrected chi connectivity index (χ1v) is 13.6. The number of rotatable bonds is 9. The minimum Gasteiger partial charge on any atom is -0.497 e. The maximum absolute atomic E-state index is 12.8. The second kappa shape index (κ2) is 12.1. The number of fused-ring (bicyclic) bond motifs is 1. The zero-order valence-corrected chi connectivity index (χ0v) is 21.9. The van der Waals surface area contributed by atoms with Crippen LogP contribution in [-0.2, 0) is 22.4 Å². The molecule has 2 amide bonds. The zero-order valence-electron chi connectivity index (χ0n) is 20.2. The van der Waals surface area contributed by atoms with Gasteiger partial charge < -0.3 is 20.1 Å². The van der Waals surface area contributed by atoms with E-state index in [0.717, 1.165) is 41.0 Å². The number of thiophene rings is 1. The van der Waals surface area contributed by atoms with Crippen molar-refractivity contribution in [2.45, 2.75) is 37.5 Å². The predicted molar refractivity (Wildman–Crippen MR) is 144 cm³/mol. The van der Waals surface area contributed by atoms with Crippen molar-refractivity contribution >= 4 is 51.6 Å². The number of nitrogens with one attached hydrogen (secondary N) is 2. The lowest BCUT2D eigenvalue weighted by Crippen LogP contribution is -2.17. The topological polar surface area (TPSA) is 93.7 Å². The molecular weight excluding hydrogens is 496 g/mol. The first kappa shape index (κ1) is 25.8. The highest BCUT2D eigenvalue weighted by atomic mass is 32.2. The molecule has 1 aromatic heterocycles. The fourth-order valence-electron chi connectivity index (χ4n) is 4.02. The number of carbonyl (C=O) groups is 3. The second-order valence-electron chi connectivity index (χ2n) is 8.19. The fourth-order valence-corrected chi connectivity index (χ4v) is 6.06. The molecule has 0 bridgehead atoms. The summed E-state index contributed by atoms with van der Waals surface area (Å²) in [4.78, 5) is 40.0. The Bertz CT molecular complexity index is 1270. The van der Waals surface area contributed by atoms with Crippen molar-refractivity contribution < 1.29 is 23.9 Å². The largest absolute Gasteiger partial charge is 0.497 e. The second-order valence-corrected chi connectivity index (χ2v) is 10.3. The molecule has 1 heterocycles. The molecule has 2 aromatic carbocycles. The van der Waals surface area contributed by atoms with E-state index in [-0.39, 0.29) is 30.1 Å². The first-order valence-electron chi connectivity index (χ1n) is 11.8. The highest BCUT2D eigenvalue weighted by molar-refractivity contribution is 8.00. The smallest absolute Gasteiger partial charge is 0.341 e. The van der Waals surface area contributed by atoms with Crippen LogP contribution in [0.2, 0.25) is 0 Å². The summed E-state index contributed by atoms with van der Waals surface area (Å²) in [6.45, 7) is 2.07. The number of amides is 2. The number of aryl methyl sites for hydroxylation is 1. The van der Waals surface area contributed by atoms with Gasteiger partial charge in [-0.3, -0.25) is 9.59 Å². The number of benzene rings is 2. The summed E-state index contributed by atoms with van der Waals surface area (Å²) in [5.74, 6) is -0.0510. The van der Waals surface area contributed by atoms with Gasteiger partial charge in [-0.25, -0.2) is 4.79 Å². The van der Waals surface area contributed by atoms with Gasteiger partial charge in [0.25, 0.3) is 5.91 Å². The van der Waals surface area contributed by atoms with Gasteiger partial charge in [-0.05, 0) is 74.6 Å². The Morgan fingerprint density at radius 2 is 1.83 bits per heavy atom. The van der Waals surface area contributed by atoms with Crippen LogP contribution in [0.3, 0.4) is 0 Å². The zero-order chi connectivity index (χ0) is 25.5. The number of hydrogen-bond donors (Lipinski definition) is 2. The minimum absolute atomic E-state index is 0.165. The molecule has 1 aliphatic rings. The Kier molecular flexibility index (Phi) is 8.66. The number of thioether (sulfide) groups is 1. The van der Waals surface area contributed by atoms with E-state index in [1.54, 1.807) is 44.4 Å². The molecule has 0 aliphatic heterocycles. The molecule has 0 fully saturated rings. The predicted octanol–water partition coefficient (Wildman–Crippen LogP) is 5.80. The number of hydrogen-bond acceptors (Lipinski definition) is 7. The highest BCUT2D eigenvalue weighted by Crippen LogP contribution is 2.38. The third-order valence-electron chi connectivity index (χ3n) is 5.70. The molecule has 9 heteroatoms. The van der Waals surface area contributed by atoms with Gasteiger partial charge >= 0.3 is 5.97 Å². The van der Waals surface area contributed by atoms with Crippen LogP contribution in [0.1, 0.15) is 50.9 Å². The monoisotopic (exact) mass is 524 g/mol. The van der Waals surface area contributed by atoms with E-state index < -0.39 is 0 Å². The van der Waals surface area contributed by atoms with Crippen molar-refractivity contribution in [3.8, 4) is 5.75 Å². The number of esters is 1. The molecule has 36 heavy (non-hydrogen) atoms. The summed E-state index contributed by atoms with van der Waals surface area (Å²) in [5, 5.41) is 6.39. The molecule has 4 rings (SSSR count). The third-order valence-corrected chi connectivity index (χ3v) is 7.90. The van der Waals surface area contributed by atoms with Crippen LogP contribution in [0.25, 0.3) is 0 Å². The Morgan fingerprint density at radius 1 is 1.03 bits per heavy atom. The summed E-state index contributed by atoms with van der Waals surface area (Å²) in [6, 6.07) is 14.3. The van der Waals surface area contributed by atoms with Crippen molar-refractivity contribution in [1.82, 2.24) is 0 Å². The number of anilines is 2. The molecule has 0 atom stereocenters. The summed E-state index contributed by atoms with van der Waals surface area (Å²) in [6.07, 6.45) is 3.87. The molecule has 0 saturated carbocycles. The molecular formula is C27H28N2O5S2. The van der Waals surface area contributed by atoms with Gasteiger partial charge in [0.1, 0.15) is 10.8 Å². The van der Waals surface area contributed by atoms with Gasteiger partial charge in [0, 0.05) is 21.0 Å². The minimum atomic E-state index is -0.376. The van der Waals surface area contributed by atoms with Crippen molar-refractivity contribution in [3.63, 3.8) is 0 Å². The summed E-state index contributed by atoms with van der Waals surface area (Å²) >= 11 is 2.83. The van der Waals surface area contributed by atoms with Gasteiger partial charge in [-0.2, -0.15) is 0 Å². The Labute approximate surface area is 218 Å². The van der Waals surface area contributed by atoms with Gasteiger partial charge in [0.2, 0.25) is 5.91 Å². The summed E-state index contributed by atoms with van der Waals surface area (Å²) in [5.41, 5.74) is 2.65. The van der Waals surface area contributed by atoms with E-state index in [4.69, 9.17) is 9.47 Å². The quantitative estimate of drug-likeness (QED) is 0.272. The molecule has 0 radical (unpaired) electrons. The van der Waals surface area contributed by atoms with Crippen LogP contribution in [0.15, 0.2) is 53.4 Å². The van der Waals surface area contributed by atoms with Crippen molar-refractivity contribution in [3.05, 3.63) is 70.1 Å². The van der Waals surface area contributed by atoms with Gasteiger partial charge in [0.15, 0.2) is 0 Å². The maximum atomic E-state index is 12.8. The Hall–Kier alpha value is -3.30. The lowest BCUT2D eigenvalue weighted by atomic mass is 9.95. The molecule has 1 aliphatic carbocycles. The lowest BCUT2D eigenvalue weighted by molar-refractivity contribution is -0.113. The molecule has 0 unspecified atom stereocenters. The van der Waals surface area contributed by atoms with Crippen LogP contribution in [0.5, 0.6) is 5.75 Å². The van der Waals surface area contributed by atoms with Crippen LogP contribution in [-0.4, -0.2) is 37.3 Å². The van der Waals surface area contributed by atoms with Crippen molar-refractivity contribution in [2.75, 3.05) is 30.1 Å². The SMILES string of the molecule is CCOC(=O)c1c(NC(=O)CSc2cccc(NC(=O)c3cccc(OC)c3)c2)sc2c1CCCC2. The summed E-state index contributed by atoms with van der Waals surface area (Å²) < 4.78 is 10.4. The average molecular weight is 525 g/mol. The normalized spacial score (nSPS) is 12.4. The van der Waals surface area contributed by atoms with Gasteiger partial charge in [0.05, 0.1) is 25.0 Å². The maximum Gasteiger partial charge on any atom is 0.341 e. The first-order chi connectivity index (χ1) is 17.5. The summed E-state index contributed by atoms with van der Waals surface area (Å²) in [7, 11) is 1.55. The molecule has 3 aromatic rings. The molecule has 7 nitrogen and oxygen atoms in total.